The van der Waals surface area contributed by atoms with Crippen molar-refractivity contribution < 1.29 is 4.79 Å². The second-order valence-corrected chi connectivity index (χ2v) is 2.82. The van der Waals surface area contributed by atoms with Crippen molar-refractivity contribution >= 4 is 5.91 Å². The van der Waals surface area contributed by atoms with Crippen LogP contribution in [0, 0.1) is 11.8 Å². The van der Waals surface area contributed by atoms with E-state index in [1.165, 1.54) is 6.42 Å². The van der Waals surface area contributed by atoms with E-state index in [-0.39, 0.29) is 0 Å². The van der Waals surface area contributed by atoms with Crippen LogP contribution in [0.4, 0.5) is 0 Å². The minimum absolute atomic E-state index is 0.370. The number of carbonyl (C=O) groups excluding carboxylic acids is 1. The van der Waals surface area contributed by atoms with E-state index in [0.717, 1.165) is 12.5 Å². The standard InChI is InChI=1S/C6H9NO.C2H6/c1-7-3-4-2-5(4)6(7)8;1-2/h4-5H,2-3H2,1H3;1-2H3. The summed E-state index contributed by atoms with van der Waals surface area (Å²) in [5, 5.41) is 0. The van der Waals surface area contributed by atoms with Gasteiger partial charge in [-0.15, -0.1) is 0 Å². The van der Waals surface area contributed by atoms with Gasteiger partial charge in [-0.25, -0.2) is 0 Å². The molecule has 2 unspecified atom stereocenters. The van der Waals surface area contributed by atoms with Gasteiger partial charge in [-0.3, -0.25) is 4.79 Å². The second kappa shape index (κ2) is 2.60. The zero-order valence-corrected chi connectivity index (χ0v) is 6.92. The van der Waals surface area contributed by atoms with Gasteiger partial charge in [0.2, 0.25) is 5.91 Å². The predicted molar refractivity (Wildman–Crippen MR) is 40.6 cm³/mol. The number of carbonyl (C=O) groups is 1. The predicted octanol–water partition coefficient (Wildman–Crippen LogP) is 1.12. The van der Waals surface area contributed by atoms with Gasteiger partial charge in [0.25, 0.3) is 0 Å². The van der Waals surface area contributed by atoms with Gasteiger partial charge in [0.05, 0.1) is 0 Å². The lowest BCUT2D eigenvalue weighted by Gasteiger charge is -2.08. The van der Waals surface area contributed by atoms with E-state index in [1.54, 1.807) is 0 Å². The molecule has 2 aliphatic rings. The number of hydrogen-bond acceptors (Lipinski definition) is 1. The molecular formula is C8H15NO. The molecule has 1 aliphatic carbocycles. The van der Waals surface area contributed by atoms with Gasteiger partial charge >= 0.3 is 0 Å². The molecule has 0 spiro atoms. The summed E-state index contributed by atoms with van der Waals surface area (Å²) >= 11 is 0. The fourth-order valence-corrected chi connectivity index (χ4v) is 1.48. The molecule has 2 fully saturated rings. The Morgan fingerprint density at radius 3 is 2.30 bits per heavy atom. The lowest BCUT2D eigenvalue weighted by Crippen LogP contribution is -2.22. The molecule has 0 aromatic rings. The molecule has 1 aliphatic heterocycles. The van der Waals surface area contributed by atoms with Crippen LogP contribution in [0.3, 0.4) is 0 Å². The maximum absolute atomic E-state index is 10.9. The maximum Gasteiger partial charge on any atom is 0.225 e. The molecule has 0 aromatic heterocycles. The summed E-state index contributed by atoms with van der Waals surface area (Å²) in [5.41, 5.74) is 0. The SMILES string of the molecule is CC.CN1CC2CC2C1=O. The van der Waals surface area contributed by atoms with Gasteiger partial charge in [-0.2, -0.15) is 0 Å². The fraction of sp³-hybridized carbons (Fsp3) is 0.875. The largest absolute Gasteiger partial charge is 0.345 e. The highest BCUT2D eigenvalue weighted by molar-refractivity contribution is 5.84. The van der Waals surface area contributed by atoms with Crippen molar-refractivity contribution in [3.8, 4) is 0 Å². The first kappa shape index (κ1) is 7.58. The molecule has 1 saturated heterocycles. The number of piperidine rings is 1. The van der Waals surface area contributed by atoms with Crippen molar-refractivity contribution in [3.63, 3.8) is 0 Å². The second-order valence-electron chi connectivity index (χ2n) is 2.82. The Bertz CT molecular complexity index is 140. The van der Waals surface area contributed by atoms with Crippen LogP contribution < -0.4 is 0 Å². The molecular weight excluding hydrogens is 126 g/mol. The summed E-state index contributed by atoms with van der Waals surface area (Å²) in [6.45, 7) is 5.02. The molecule has 1 saturated carbocycles. The van der Waals surface area contributed by atoms with Gasteiger partial charge in [-0.05, 0) is 12.3 Å². The number of fused-ring (bicyclic) bond motifs is 1. The molecule has 2 nitrogen and oxygen atoms in total. The first-order valence-electron chi connectivity index (χ1n) is 4.04. The summed E-state index contributed by atoms with van der Waals surface area (Å²) < 4.78 is 0. The molecule has 1 heterocycles. The molecule has 1 amide bonds. The summed E-state index contributed by atoms with van der Waals surface area (Å²) in [7, 11) is 1.88. The number of likely N-dealkylation sites (tertiary alicyclic amines) is 1. The van der Waals surface area contributed by atoms with Crippen molar-refractivity contribution in [1.82, 2.24) is 4.90 Å². The highest BCUT2D eigenvalue weighted by atomic mass is 16.2. The van der Waals surface area contributed by atoms with Crippen molar-refractivity contribution in [2.45, 2.75) is 20.3 Å². The van der Waals surface area contributed by atoms with Gasteiger partial charge < -0.3 is 4.90 Å². The fourth-order valence-electron chi connectivity index (χ4n) is 1.48. The highest BCUT2D eigenvalue weighted by Crippen LogP contribution is 2.45. The topological polar surface area (TPSA) is 20.3 Å². The molecule has 0 aromatic carbocycles. The molecule has 2 heteroatoms. The van der Waals surface area contributed by atoms with E-state index in [1.807, 2.05) is 25.8 Å². The number of hydrogen-bond donors (Lipinski definition) is 0. The lowest BCUT2D eigenvalue weighted by molar-refractivity contribution is -0.128. The molecule has 0 radical (unpaired) electrons. The van der Waals surface area contributed by atoms with Gasteiger partial charge in [0, 0.05) is 19.5 Å². The third kappa shape index (κ3) is 1.02. The number of rotatable bonds is 0. The average molecular weight is 141 g/mol. The molecule has 58 valence electrons. The lowest BCUT2D eigenvalue weighted by atomic mass is 10.4. The molecule has 0 bridgehead atoms. The minimum Gasteiger partial charge on any atom is -0.345 e. The van der Waals surface area contributed by atoms with Gasteiger partial charge in [0.1, 0.15) is 0 Å². The summed E-state index contributed by atoms with van der Waals surface area (Å²) in [4.78, 5) is 12.7. The Hall–Kier alpha value is -0.530. The Kier molecular flexibility index (Phi) is 1.97. The van der Waals surface area contributed by atoms with Crippen LogP contribution in [-0.2, 0) is 4.79 Å². The molecule has 2 atom stereocenters. The van der Waals surface area contributed by atoms with Crippen LogP contribution in [0.15, 0.2) is 0 Å². The Morgan fingerprint density at radius 2 is 2.10 bits per heavy atom. The average Bonchev–Trinajstić information content (AvgIpc) is 2.65. The van der Waals surface area contributed by atoms with E-state index in [4.69, 9.17) is 0 Å². The van der Waals surface area contributed by atoms with Crippen molar-refractivity contribution in [2.75, 3.05) is 13.6 Å². The number of amides is 1. The third-order valence-electron chi connectivity index (χ3n) is 2.12. The van der Waals surface area contributed by atoms with Crippen LogP contribution in [0.5, 0.6) is 0 Å². The van der Waals surface area contributed by atoms with E-state index >= 15 is 0 Å². The van der Waals surface area contributed by atoms with E-state index < -0.39 is 0 Å². The monoisotopic (exact) mass is 141 g/mol. The van der Waals surface area contributed by atoms with Crippen LogP contribution in [0.2, 0.25) is 0 Å². The Morgan fingerprint density at radius 1 is 1.50 bits per heavy atom. The highest BCUT2D eigenvalue weighted by Gasteiger charge is 2.50. The van der Waals surface area contributed by atoms with Crippen molar-refractivity contribution in [1.29, 1.82) is 0 Å². The zero-order chi connectivity index (χ0) is 7.72. The van der Waals surface area contributed by atoms with E-state index in [0.29, 0.717) is 11.8 Å². The molecule has 0 N–H and O–H groups in total. The third-order valence-corrected chi connectivity index (χ3v) is 2.12. The Balaban J connectivity index is 0.000000231. The minimum atomic E-state index is 0.370. The number of nitrogens with zero attached hydrogens (tertiary/aromatic N) is 1. The zero-order valence-electron chi connectivity index (χ0n) is 6.92. The quantitative estimate of drug-likeness (QED) is 0.495. The molecule has 2 rings (SSSR count). The van der Waals surface area contributed by atoms with Crippen molar-refractivity contribution in [3.05, 3.63) is 0 Å². The van der Waals surface area contributed by atoms with Gasteiger partial charge in [0.15, 0.2) is 0 Å². The summed E-state index contributed by atoms with van der Waals surface area (Å²) in [6.07, 6.45) is 1.17. The van der Waals surface area contributed by atoms with Crippen LogP contribution in [0.25, 0.3) is 0 Å². The first-order chi connectivity index (χ1) is 4.79. The summed E-state index contributed by atoms with van der Waals surface area (Å²) in [6, 6.07) is 0. The summed E-state index contributed by atoms with van der Waals surface area (Å²) in [5.74, 6) is 1.56. The normalized spacial score (nSPS) is 34.7. The van der Waals surface area contributed by atoms with Crippen LogP contribution in [-0.4, -0.2) is 24.4 Å². The Labute approximate surface area is 62.2 Å². The van der Waals surface area contributed by atoms with Crippen LogP contribution in [0.1, 0.15) is 20.3 Å². The smallest absolute Gasteiger partial charge is 0.225 e. The van der Waals surface area contributed by atoms with Crippen molar-refractivity contribution in [2.24, 2.45) is 11.8 Å². The van der Waals surface area contributed by atoms with E-state index in [9.17, 15) is 4.79 Å². The first-order valence-corrected chi connectivity index (χ1v) is 4.04. The van der Waals surface area contributed by atoms with Crippen LogP contribution >= 0.6 is 0 Å². The van der Waals surface area contributed by atoms with Gasteiger partial charge in [-0.1, -0.05) is 13.8 Å². The van der Waals surface area contributed by atoms with E-state index in [2.05, 4.69) is 0 Å². The molecule has 10 heavy (non-hydrogen) atoms. The maximum atomic E-state index is 10.9.